The van der Waals surface area contributed by atoms with Crippen LogP contribution in [-0.2, 0) is 0 Å². The number of amides is 1. The Balaban J connectivity index is 2.09. The highest BCUT2D eigenvalue weighted by Crippen LogP contribution is 2.16. The van der Waals surface area contributed by atoms with Gasteiger partial charge in [-0.05, 0) is 36.6 Å². The number of nitrogens with one attached hydrogen (secondary N) is 1. The van der Waals surface area contributed by atoms with Crippen molar-refractivity contribution in [3.63, 3.8) is 0 Å². The minimum atomic E-state index is -0.235. The van der Waals surface area contributed by atoms with Crippen molar-refractivity contribution in [1.82, 2.24) is 5.43 Å². The first-order valence-corrected chi connectivity index (χ1v) is 7.56. The van der Waals surface area contributed by atoms with Crippen LogP contribution >= 0.6 is 11.6 Å². The van der Waals surface area contributed by atoms with Gasteiger partial charge in [0.25, 0.3) is 5.91 Å². The molecular formula is C18H19ClN2O. The maximum absolute atomic E-state index is 12.1. The third-order valence-corrected chi connectivity index (χ3v) is 3.76. The first-order valence-electron chi connectivity index (χ1n) is 7.18. The fourth-order valence-corrected chi connectivity index (χ4v) is 2.31. The predicted molar refractivity (Wildman–Crippen MR) is 91.7 cm³/mol. The molecule has 0 spiro atoms. The topological polar surface area (TPSA) is 41.5 Å². The molecule has 0 aliphatic carbocycles. The maximum atomic E-state index is 12.1. The molecule has 0 bridgehead atoms. The zero-order valence-electron chi connectivity index (χ0n) is 12.9. The minimum absolute atomic E-state index is 0.235. The van der Waals surface area contributed by atoms with Crippen LogP contribution in [-0.4, -0.2) is 11.6 Å². The molecule has 114 valence electrons. The summed E-state index contributed by atoms with van der Waals surface area (Å²) < 4.78 is 0. The highest BCUT2D eigenvalue weighted by Gasteiger charge is 2.07. The Hall–Kier alpha value is -2.13. The highest BCUT2D eigenvalue weighted by atomic mass is 35.5. The van der Waals surface area contributed by atoms with Crippen LogP contribution < -0.4 is 5.43 Å². The summed E-state index contributed by atoms with van der Waals surface area (Å²) in [7, 11) is 0. The fraction of sp³-hybridized carbons (Fsp3) is 0.222. The van der Waals surface area contributed by atoms with Gasteiger partial charge in [0, 0.05) is 16.1 Å². The van der Waals surface area contributed by atoms with Crippen molar-refractivity contribution in [2.45, 2.75) is 26.7 Å². The molecule has 1 amide bonds. The van der Waals surface area contributed by atoms with Crippen LogP contribution in [0, 0.1) is 0 Å². The molecule has 0 fully saturated rings. The van der Waals surface area contributed by atoms with Crippen molar-refractivity contribution >= 4 is 23.2 Å². The summed E-state index contributed by atoms with van der Waals surface area (Å²) in [5, 5.41) is 4.73. The van der Waals surface area contributed by atoms with E-state index in [0.29, 0.717) is 22.2 Å². The lowest BCUT2D eigenvalue weighted by Crippen LogP contribution is -2.19. The van der Waals surface area contributed by atoms with E-state index in [9.17, 15) is 4.79 Å². The summed E-state index contributed by atoms with van der Waals surface area (Å²) in [5.41, 5.74) is 5.82. The minimum Gasteiger partial charge on any atom is -0.267 e. The van der Waals surface area contributed by atoms with E-state index in [1.165, 1.54) is 5.56 Å². The number of nitrogens with zero attached hydrogens (tertiary/aromatic N) is 1. The summed E-state index contributed by atoms with van der Waals surface area (Å²) >= 11 is 6.10. The SMILES string of the molecule is CC(=NNC(=O)c1ccc(C(C)C)cc1)c1ccccc1Cl. The number of carbonyl (C=O) groups excluding carboxylic acids is 1. The summed E-state index contributed by atoms with van der Waals surface area (Å²) in [4.78, 5) is 12.1. The first-order chi connectivity index (χ1) is 10.5. The van der Waals surface area contributed by atoms with Crippen LogP contribution in [0.4, 0.5) is 0 Å². The molecule has 1 N–H and O–H groups in total. The molecule has 2 aromatic carbocycles. The van der Waals surface area contributed by atoms with Gasteiger partial charge in [0.15, 0.2) is 0 Å². The van der Waals surface area contributed by atoms with Crippen molar-refractivity contribution in [2.24, 2.45) is 5.10 Å². The monoisotopic (exact) mass is 314 g/mol. The molecular weight excluding hydrogens is 296 g/mol. The largest absolute Gasteiger partial charge is 0.271 e. The smallest absolute Gasteiger partial charge is 0.267 e. The van der Waals surface area contributed by atoms with Crippen molar-refractivity contribution in [1.29, 1.82) is 0 Å². The van der Waals surface area contributed by atoms with Gasteiger partial charge in [-0.3, -0.25) is 4.79 Å². The van der Waals surface area contributed by atoms with E-state index in [4.69, 9.17) is 11.6 Å². The zero-order valence-corrected chi connectivity index (χ0v) is 13.7. The second-order valence-corrected chi connectivity index (χ2v) is 5.80. The number of hydrazone groups is 1. The molecule has 0 radical (unpaired) electrons. The molecule has 0 heterocycles. The summed E-state index contributed by atoms with van der Waals surface area (Å²) in [6.07, 6.45) is 0. The number of rotatable bonds is 4. The lowest BCUT2D eigenvalue weighted by atomic mass is 10.0. The molecule has 0 saturated heterocycles. The molecule has 2 aromatic rings. The van der Waals surface area contributed by atoms with E-state index in [2.05, 4.69) is 24.4 Å². The molecule has 0 aliphatic heterocycles. The van der Waals surface area contributed by atoms with E-state index in [0.717, 1.165) is 5.56 Å². The van der Waals surface area contributed by atoms with Crippen LogP contribution in [0.1, 0.15) is 48.2 Å². The van der Waals surface area contributed by atoms with Crippen LogP contribution in [0.5, 0.6) is 0 Å². The summed E-state index contributed by atoms with van der Waals surface area (Å²) in [6.45, 7) is 6.04. The quantitative estimate of drug-likeness (QED) is 0.649. The van der Waals surface area contributed by atoms with Gasteiger partial charge >= 0.3 is 0 Å². The third kappa shape index (κ3) is 3.95. The third-order valence-electron chi connectivity index (χ3n) is 3.43. The Morgan fingerprint density at radius 2 is 1.73 bits per heavy atom. The number of carbonyl (C=O) groups is 1. The zero-order chi connectivity index (χ0) is 16.1. The van der Waals surface area contributed by atoms with E-state index < -0.39 is 0 Å². The standard InChI is InChI=1S/C18H19ClN2O/c1-12(2)14-8-10-15(11-9-14)18(22)21-20-13(3)16-6-4-5-7-17(16)19/h4-12H,1-3H3,(H,21,22). The van der Waals surface area contributed by atoms with E-state index in [1.54, 1.807) is 6.07 Å². The van der Waals surface area contributed by atoms with E-state index in [-0.39, 0.29) is 5.91 Å². The van der Waals surface area contributed by atoms with E-state index >= 15 is 0 Å². The number of hydrogen-bond acceptors (Lipinski definition) is 2. The van der Waals surface area contributed by atoms with Crippen LogP contribution in [0.3, 0.4) is 0 Å². The average molecular weight is 315 g/mol. The molecule has 0 atom stereocenters. The second-order valence-electron chi connectivity index (χ2n) is 5.39. The second kappa shape index (κ2) is 7.23. The summed E-state index contributed by atoms with van der Waals surface area (Å²) in [6, 6.07) is 14.9. The normalized spacial score (nSPS) is 11.6. The van der Waals surface area contributed by atoms with Gasteiger partial charge in [0.2, 0.25) is 0 Å². The van der Waals surface area contributed by atoms with Crippen LogP contribution in [0.2, 0.25) is 5.02 Å². The number of hydrogen-bond donors (Lipinski definition) is 1. The van der Waals surface area contributed by atoms with Crippen LogP contribution in [0.15, 0.2) is 53.6 Å². The van der Waals surface area contributed by atoms with Gasteiger partial charge in [-0.15, -0.1) is 0 Å². The average Bonchev–Trinajstić information content (AvgIpc) is 2.52. The Bertz CT molecular complexity index is 690. The Labute approximate surface area is 136 Å². The maximum Gasteiger partial charge on any atom is 0.271 e. The molecule has 0 aliphatic rings. The molecule has 22 heavy (non-hydrogen) atoms. The Morgan fingerprint density at radius 3 is 2.32 bits per heavy atom. The Kier molecular flexibility index (Phi) is 5.34. The molecule has 2 rings (SSSR count). The van der Waals surface area contributed by atoms with Gasteiger partial charge in [0.05, 0.1) is 5.71 Å². The predicted octanol–water partition coefficient (Wildman–Crippen LogP) is 4.62. The highest BCUT2D eigenvalue weighted by molar-refractivity contribution is 6.34. The summed E-state index contributed by atoms with van der Waals surface area (Å²) in [5.74, 6) is 0.208. The fourth-order valence-electron chi connectivity index (χ4n) is 2.03. The van der Waals surface area contributed by atoms with Gasteiger partial charge in [-0.25, -0.2) is 5.43 Å². The molecule has 0 saturated carbocycles. The van der Waals surface area contributed by atoms with E-state index in [1.807, 2.05) is 49.4 Å². The lowest BCUT2D eigenvalue weighted by molar-refractivity contribution is 0.0955. The molecule has 0 aromatic heterocycles. The Morgan fingerprint density at radius 1 is 1.09 bits per heavy atom. The van der Waals surface area contributed by atoms with Gasteiger partial charge in [0.1, 0.15) is 0 Å². The first kappa shape index (κ1) is 16.2. The lowest BCUT2D eigenvalue weighted by Gasteiger charge is -2.07. The van der Waals surface area contributed by atoms with Crippen LogP contribution in [0.25, 0.3) is 0 Å². The van der Waals surface area contributed by atoms with Gasteiger partial charge in [-0.2, -0.15) is 5.10 Å². The van der Waals surface area contributed by atoms with Gasteiger partial charge < -0.3 is 0 Å². The molecule has 3 nitrogen and oxygen atoms in total. The number of halogens is 1. The van der Waals surface area contributed by atoms with Crippen molar-refractivity contribution in [3.05, 3.63) is 70.2 Å². The van der Waals surface area contributed by atoms with Crippen molar-refractivity contribution in [2.75, 3.05) is 0 Å². The molecule has 0 unspecified atom stereocenters. The van der Waals surface area contributed by atoms with Gasteiger partial charge in [-0.1, -0.05) is 55.8 Å². The number of benzene rings is 2. The van der Waals surface area contributed by atoms with Crippen molar-refractivity contribution < 1.29 is 4.79 Å². The van der Waals surface area contributed by atoms with Crippen molar-refractivity contribution in [3.8, 4) is 0 Å². The molecule has 4 heteroatoms.